The smallest absolute Gasteiger partial charge is 0.152 e. The molecule has 2 nitrogen and oxygen atoms in total. The van der Waals surface area contributed by atoms with E-state index in [1.54, 1.807) is 0 Å². The minimum atomic E-state index is 0.716. The summed E-state index contributed by atoms with van der Waals surface area (Å²) < 4.78 is 5.76. The van der Waals surface area contributed by atoms with Crippen LogP contribution in [0.15, 0.2) is 0 Å². The van der Waals surface area contributed by atoms with Crippen molar-refractivity contribution in [2.24, 2.45) is 5.92 Å². The van der Waals surface area contributed by atoms with Crippen LogP contribution in [-0.4, -0.2) is 35.7 Å². The second kappa shape index (κ2) is 4.01. The van der Waals surface area contributed by atoms with Gasteiger partial charge < -0.3 is 0 Å². The Morgan fingerprint density at radius 2 is 2.31 bits per heavy atom. The van der Waals surface area contributed by atoms with Crippen LogP contribution >= 0.6 is 11.9 Å². The SMILES string of the molecule is C=[N+](CC[C@H]1NSCC1C)C1CC1. The average molecular weight is 199 g/mol. The van der Waals surface area contributed by atoms with E-state index in [0.717, 1.165) is 18.5 Å². The van der Waals surface area contributed by atoms with Gasteiger partial charge in [-0.15, -0.1) is 0 Å². The maximum absolute atomic E-state index is 4.08. The van der Waals surface area contributed by atoms with Gasteiger partial charge in [0.1, 0.15) is 13.3 Å². The van der Waals surface area contributed by atoms with E-state index < -0.39 is 0 Å². The maximum Gasteiger partial charge on any atom is 0.152 e. The molecule has 1 heterocycles. The van der Waals surface area contributed by atoms with Crippen molar-refractivity contribution in [3.63, 3.8) is 0 Å². The molecule has 0 bridgehead atoms. The monoisotopic (exact) mass is 199 g/mol. The minimum Gasteiger partial charge on any atom is -0.260 e. The van der Waals surface area contributed by atoms with Crippen molar-refractivity contribution < 1.29 is 4.58 Å². The Morgan fingerprint density at radius 1 is 1.54 bits per heavy atom. The molecule has 0 aromatic carbocycles. The summed E-state index contributed by atoms with van der Waals surface area (Å²) in [6.45, 7) is 7.58. The molecule has 1 aliphatic heterocycles. The van der Waals surface area contributed by atoms with Crippen LogP contribution in [0, 0.1) is 5.92 Å². The highest BCUT2D eigenvalue weighted by Gasteiger charge is 2.33. The average Bonchev–Trinajstić information content (AvgIpc) is 2.88. The summed E-state index contributed by atoms with van der Waals surface area (Å²) in [5, 5.41) is 0. The minimum absolute atomic E-state index is 0.716. The van der Waals surface area contributed by atoms with Gasteiger partial charge in [-0.05, 0) is 5.92 Å². The van der Waals surface area contributed by atoms with Gasteiger partial charge >= 0.3 is 0 Å². The zero-order valence-corrected chi connectivity index (χ0v) is 9.15. The molecule has 1 unspecified atom stereocenters. The van der Waals surface area contributed by atoms with Crippen LogP contribution in [0.25, 0.3) is 0 Å². The molecule has 3 heteroatoms. The van der Waals surface area contributed by atoms with Crippen LogP contribution in [0.4, 0.5) is 0 Å². The Bertz CT molecular complexity index is 201. The molecule has 2 aliphatic rings. The molecule has 1 N–H and O–H groups in total. The molecule has 2 atom stereocenters. The molecule has 2 rings (SSSR count). The summed E-state index contributed by atoms with van der Waals surface area (Å²) in [6, 6.07) is 1.53. The first-order chi connectivity index (χ1) is 6.27. The number of nitrogens with one attached hydrogen (secondary N) is 1. The Labute approximate surface area is 84.9 Å². The lowest BCUT2D eigenvalue weighted by Crippen LogP contribution is -2.28. The van der Waals surface area contributed by atoms with Gasteiger partial charge in [-0.2, -0.15) is 0 Å². The Balaban J connectivity index is 1.68. The van der Waals surface area contributed by atoms with Gasteiger partial charge in [-0.1, -0.05) is 18.9 Å². The molecular formula is C10H19N2S+. The highest BCUT2D eigenvalue weighted by atomic mass is 32.2. The first kappa shape index (κ1) is 9.53. The molecule has 1 saturated carbocycles. The van der Waals surface area contributed by atoms with Gasteiger partial charge in [0.15, 0.2) is 6.04 Å². The molecule has 0 spiro atoms. The summed E-state index contributed by atoms with van der Waals surface area (Å²) >= 11 is 1.88. The molecule has 0 aromatic heterocycles. The van der Waals surface area contributed by atoms with E-state index in [9.17, 15) is 0 Å². The topological polar surface area (TPSA) is 15.0 Å². The first-order valence-corrected chi connectivity index (χ1v) is 6.20. The summed E-state index contributed by atoms with van der Waals surface area (Å²) in [4.78, 5) is 0. The van der Waals surface area contributed by atoms with Crippen LogP contribution in [0.3, 0.4) is 0 Å². The fourth-order valence-electron chi connectivity index (χ4n) is 1.79. The third-order valence-electron chi connectivity index (χ3n) is 3.06. The molecule has 0 radical (unpaired) electrons. The van der Waals surface area contributed by atoms with Crippen LogP contribution in [0.5, 0.6) is 0 Å². The normalized spacial score (nSPS) is 33.6. The van der Waals surface area contributed by atoms with Crippen molar-refractivity contribution in [2.45, 2.75) is 38.3 Å². The highest BCUT2D eigenvalue weighted by Crippen LogP contribution is 2.25. The molecule has 0 amide bonds. The van der Waals surface area contributed by atoms with Crippen LogP contribution < -0.4 is 4.72 Å². The van der Waals surface area contributed by atoms with Crippen molar-refractivity contribution in [3.05, 3.63) is 0 Å². The third-order valence-corrected chi connectivity index (χ3v) is 4.22. The predicted molar refractivity (Wildman–Crippen MR) is 58.4 cm³/mol. The molecule has 74 valence electrons. The number of hydrogen-bond donors (Lipinski definition) is 1. The zero-order valence-electron chi connectivity index (χ0n) is 8.33. The largest absolute Gasteiger partial charge is 0.260 e. The molecule has 1 aliphatic carbocycles. The Kier molecular flexibility index (Phi) is 2.94. The first-order valence-electron chi connectivity index (χ1n) is 5.22. The van der Waals surface area contributed by atoms with Gasteiger partial charge in [-0.25, -0.2) is 4.58 Å². The number of hydrogen-bond acceptors (Lipinski definition) is 2. The van der Waals surface area contributed by atoms with Crippen molar-refractivity contribution in [1.82, 2.24) is 4.72 Å². The lowest BCUT2D eigenvalue weighted by atomic mass is 10.0. The van der Waals surface area contributed by atoms with Gasteiger partial charge in [0.2, 0.25) is 0 Å². The van der Waals surface area contributed by atoms with Crippen LogP contribution in [-0.2, 0) is 0 Å². The van der Waals surface area contributed by atoms with E-state index in [1.165, 1.54) is 25.0 Å². The van der Waals surface area contributed by atoms with Crippen LogP contribution in [0.1, 0.15) is 26.2 Å². The molecule has 2 fully saturated rings. The van der Waals surface area contributed by atoms with E-state index in [2.05, 4.69) is 22.9 Å². The summed E-state index contributed by atoms with van der Waals surface area (Å²) in [7, 11) is 0. The third kappa shape index (κ3) is 2.47. The van der Waals surface area contributed by atoms with E-state index in [4.69, 9.17) is 0 Å². The highest BCUT2D eigenvalue weighted by molar-refractivity contribution is 7.97. The Morgan fingerprint density at radius 3 is 2.85 bits per heavy atom. The van der Waals surface area contributed by atoms with Crippen molar-refractivity contribution in [1.29, 1.82) is 0 Å². The quantitative estimate of drug-likeness (QED) is 0.419. The standard InChI is InChI=1S/C10H19N2S/c1-8-7-13-11-10(8)5-6-12(2)9-3-4-9/h8-11H,2-7H2,1H3/q+1/t8?,10-/m1/s1. The van der Waals surface area contributed by atoms with Crippen LogP contribution in [0.2, 0.25) is 0 Å². The van der Waals surface area contributed by atoms with Crippen molar-refractivity contribution in [3.8, 4) is 0 Å². The van der Waals surface area contributed by atoms with Gasteiger partial charge in [0.05, 0.1) is 0 Å². The zero-order chi connectivity index (χ0) is 9.26. The number of nitrogens with zero attached hydrogens (tertiary/aromatic N) is 1. The second-order valence-corrected chi connectivity index (χ2v) is 5.20. The second-order valence-electron chi connectivity index (χ2n) is 4.34. The lowest BCUT2D eigenvalue weighted by molar-refractivity contribution is -0.534. The fraction of sp³-hybridized carbons (Fsp3) is 0.900. The Hall–Kier alpha value is -0.0200. The van der Waals surface area contributed by atoms with E-state index >= 15 is 0 Å². The molecular weight excluding hydrogens is 180 g/mol. The predicted octanol–water partition coefficient (Wildman–Crippen LogP) is 1.51. The molecule has 13 heavy (non-hydrogen) atoms. The molecule has 0 aromatic rings. The summed E-state index contributed by atoms with van der Waals surface area (Å²) in [6.07, 6.45) is 3.99. The lowest BCUT2D eigenvalue weighted by Gasteiger charge is -2.12. The van der Waals surface area contributed by atoms with Crippen molar-refractivity contribution in [2.75, 3.05) is 12.3 Å². The maximum atomic E-state index is 4.08. The molecule has 1 saturated heterocycles. The van der Waals surface area contributed by atoms with Gasteiger partial charge in [-0.3, -0.25) is 4.72 Å². The van der Waals surface area contributed by atoms with Gasteiger partial charge in [0.25, 0.3) is 0 Å². The van der Waals surface area contributed by atoms with Crippen molar-refractivity contribution >= 4 is 18.7 Å². The summed E-state index contributed by atoms with van der Waals surface area (Å²) in [5.74, 6) is 2.10. The van der Waals surface area contributed by atoms with E-state index in [-0.39, 0.29) is 0 Å². The van der Waals surface area contributed by atoms with Gasteiger partial charge in [0, 0.05) is 31.1 Å². The van der Waals surface area contributed by atoms with E-state index in [0.29, 0.717) is 6.04 Å². The van der Waals surface area contributed by atoms with E-state index in [1.807, 2.05) is 11.9 Å². The summed E-state index contributed by atoms with van der Waals surface area (Å²) in [5.41, 5.74) is 0. The number of rotatable bonds is 4. The fourth-order valence-corrected chi connectivity index (χ4v) is 2.95.